The Kier molecular flexibility index (Phi) is 11.6. The molecule has 3 nitrogen and oxygen atoms in total. The number of nitrogens with zero attached hydrogens (tertiary/aromatic N) is 3. The number of benzene rings is 10. The summed E-state index contributed by atoms with van der Waals surface area (Å²) in [6.45, 7) is 26.5. The van der Waals surface area contributed by atoms with Crippen LogP contribution in [-0.4, -0.2) is 9.13 Å². The van der Waals surface area contributed by atoms with Gasteiger partial charge in [-0.3, -0.25) is 0 Å². The SMILES string of the molecule is Cc1cc(C)c(-c2ccc3c(c2)c2ccc(-c4c(C)cc(C)cc4C)cc2n3-c2cc(-c3ccccc3)cc(-n3c4ccc(-c5c(C)cc(C)cc5C)cc4c4ccc(-c5c(C)cc(C)cc5C)cc43)c2C#N)c(C)c1. The molecule has 2 heterocycles. The highest BCUT2D eigenvalue weighted by Gasteiger charge is 2.25. The number of aryl methyl sites for hydroxylation is 12. The first-order chi connectivity index (χ1) is 36.6. The Morgan fingerprint density at radius 2 is 0.592 bits per heavy atom. The zero-order valence-corrected chi connectivity index (χ0v) is 45.9. The Bertz CT molecular complexity index is 4120. The summed E-state index contributed by atoms with van der Waals surface area (Å²) in [5.74, 6) is 0. The minimum Gasteiger partial charge on any atom is -0.308 e. The second-order valence-electron chi connectivity index (χ2n) is 22.1. The summed E-state index contributed by atoms with van der Waals surface area (Å²) in [7, 11) is 0. The van der Waals surface area contributed by atoms with Gasteiger partial charge in [-0.15, -0.1) is 0 Å². The van der Waals surface area contributed by atoms with E-state index in [4.69, 9.17) is 0 Å². The predicted molar refractivity (Wildman–Crippen MR) is 324 cm³/mol. The van der Waals surface area contributed by atoms with Gasteiger partial charge in [0, 0.05) is 21.5 Å². The molecular weight excluding hydrogens is 919 g/mol. The lowest BCUT2D eigenvalue weighted by Gasteiger charge is -2.19. The molecule has 0 aliphatic rings. The highest BCUT2D eigenvalue weighted by Crippen LogP contribution is 2.45. The Labute approximate surface area is 448 Å². The monoisotopic (exact) mass is 982 g/mol. The maximum absolute atomic E-state index is 12.1. The molecule has 0 bridgehead atoms. The fraction of sp³-hybridized carbons (Fsp3) is 0.164. The Morgan fingerprint density at radius 1 is 0.276 bits per heavy atom. The van der Waals surface area contributed by atoms with Crippen LogP contribution in [0.15, 0.2) is 164 Å². The smallest absolute Gasteiger partial charge is 0.104 e. The zero-order valence-electron chi connectivity index (χ0n) is 45.9. The van der Waals surface area contributed by atoms with Gasteiger partial charge >= 0.3 is 0 Å². The van der Waals surface area contributed by atoms with Crippen LogP contribution >= 0.6 is 0 Å². The quantitative estimate of drug-likeness (QED) is 0.157. The first kappa shape index (κ1) is 48.2. The van der Waals surface area contributed by atoms with Crippen LogP contribution in [0.1, 0.15) is 72.3 Å². The number of aromatic nitrogens is 2. The molecule has 0 N–H and O–H groups in total. The highest BCUT2D eigenvalue weighted by atomic mass is 15.0. The van der Waals surface area contributed by atoms with Gasteiger partial charge in [-0.1, -0.05) is 138 Å². The first-order valence-corrected chi connectivity index (χ1v) is 26.7. The molecule has 0 saturated carbocycles. The predicted octanol–water partition coefficient (Wildman–Crippen LogP) is 19.8. The average molecular weight is 982 g/mol. The van der Waals surface area contributed by atoms with Crippen molar-refractivity contribution < 1.29 is 0 Å². The maximum atomic E-state index is 12.1. The molecule has 10 aromatic carbocycles. The third kappa shape index (κ3) is 7.86. The third-order valence-corrected chi connectivity index (χ3v) is 16.2. The molecule has 3 heteroatoms. The number of rotatable bonds is 7. The van der Waals surface area contributed by atoms with Crippen LogP contribution < -0.4 is 0 Å². The fourth-order valence-electron chi connectivity index (χ4n) is 13.6. The van der Waals surface area contributed by atoms with E-state index in [2.05, 4.69) is 262 Å². The average Bonchev–Trinajstić information content (AvgIpc) is 3.93. The van der Waals surface area contributed by atoms with Crippen LogP contribution in [0.4, 0.5) is 0 Å². The fourth-order valence-corrected chi connectivity index (χ4v) is 13.6. The van der Waals surface area contributed by atoms with Crippen molar-refractivity contribution in [3.63, 3.8) is 0 Å². The van der Waals surface area contributed by atoms with Gasteiger partial charge in [0.05, 0.1) is 33.4 Å². The van der Waals surface area contributed by atoms with Gasteiger partial charge in [-0.05, 0) is 232 Å². The summed E-state index contributed by atoms with van der Waals surface area (Å²) >= 11 is 0. The summed E-state index contributed by atoms with van der Waals surface area (Å²) in [6, 6.07) is 64.2. The topological polar surface area (TPSA) is 33.6 Å². The summed E-state index contributed by atoms with van der Waals surface area (Å²) in [4.78, 5) is 0. The van der Waals surface area contributed by atoms with E-state index in [0.29, 0.717) is 5.56 Å². The highest BCUT2D eigenvalue weighted by molar-refractivity contribution is 6.14. The number of nitriles is 1. The summed E-state index contributed by atoms with van der Waals surface area (Å²) in [5, 5.41) is 16.7. The van der Waals surface area contributed by atoms with Crippen LogP contribution in [0.3, 0.4) is 0 Å². The Morgan fingerprint density at radius 3 is 0.921 bits per heavy atom. The van der Waals surface area contributed by atoms with Crippen LogP contribution in [0.25, 0.3) is 111 Å². The molecule has 370 valence electrons. The molecule has 0 radical (unpaired) electrons. The number of hydrogen-bond acceptors (Lipinski definition) is 1. The molecule has 0 spiro atoms. The zero-order chi connectivity index (χ0) is 53.0. The van der Waals surface area contributed by atoms with Crippen molar-refractivity contribution in [2.75, 3.05) is 0 Å². The minimum atomic E-state index is 0.599. The molecule has 0 aliphatic heterocycles. The molecule has 2 aromatic heterocycles. The maximum Gasteiger partial charge on any atom is 0.104 e. The van der Waals surface area contributed by atoms with Crippen LogP contribution in [-0.2, 0) is 0 Å². The van der Waals surface area contributed by atoms with Gasteiger partial charge in [0.2, 0.25) is 0 Å². The van der Waals surface area contributed by atoms with E-state index in [0.717, 1.165) is 77.2 Å². The lowest BCUT2D eigenvalue weighted by atomic mass is 9.92. The van der Waals surface area contributed by atoms with Crippen molar-refractivity contribution in [1.82, 2.24) is 9.13 Å². The minimum absolute atomic E-state index is 0.599. The summed E-state index contributed by atoms with van der Waals surface area (Å²) in [5.41, 5.74) is 33.3. The van der Waals surface area contributed by atoms with Crippen LogP contribution in [0.2, 0.25) is 0 Å². The van der Waals surface area contributed by atoms with Crippen molar-refractivity contribution in [1.29, 1.82) is 5.26 Å². The molecule has 0 aliphatic carbocycles. The molecule has 0 amide bonds. The van der Waals surface area contributed by atoms with E-state index in [9.17, 15) is 5.26 Å². The number of hydrogen-bond donors (Lipinski definition) is 0. The van der Waals surface area contributed by atoms with Gasteiger partial charge in [-0.2, -0.15) is 5.26 Å². The van der Waals surface area contributed by atoms with E-state index in [-0.39, 0.29) is 0 Å². The lowest BCUT2D eigenvalue weighted by Crippen LogP contribution is -2.05. The standard InChI is InChI=1S/C73H63N3/c1-41-26-45(5)70(46(6)27-41)54-20-24-64-61(34-54)59-22-18-56(72-49(9)30-43(3)31-50(72)10)36-66(59)75(64)68-38-58(53-16-14-13-15-17-53)39-69(63(68)40-74)76-65-25-21-55(71-47(7)28-42(2)29-48(71)8)35-62(65)60-23-19-57(37-67(60)76)73-51(11)32-44(4)33-52(73)12/h13-39H,1-12H3. The van der Waals surface area contributed by atoms with Crippen molar-refractivity contribution in [2.45, 2.75) is 83.1 Å². The van der Waals surface area contributed by atoms with Crippen molar-refractivity contribution in [3.8, 4) is 73.1 Å². The lowest BCUT2D eigenvalue weighted by molar-refractivity contribution is 1.12. The molecule has 12 aromatic rings. The van der Waals surface area contributed by atoms with Gasteiger partial charge in [0.1, 0.15) is 11.6 Å². The van der Waals surface area contributed by atoms with Crippen LogP contribution in [0.5, 0.6) is 0 Å². The van der Waals surface area contributed by atoms with E-state index >= 15 is 0 Å². The van der Waals surface area contributed by atoms with Gasteiger partial charge in [0.15, 0.2) is 0 Å². The normalized spacial score (nSPS) is 11.7. The van der Waals surface area contributed by atoms with E-state index in [1.54, 1.807) is 0 Å². The molecular formula is C73H63N3. The molecule has 12 rings (SSSR count). The number of fused-ring (bicyclic) bond motifs is 6. The summed E-state index contributed by atoms with van der Waals surface area (Å²) in [6.07, 6.45) is 0. The second-order valence-corrected chi connectivity index (χ2v) is 22.1. The molecule has 76 heavy (non-hydrogen) atoms. The van der Waals surface area contributed by atoms with E-state index < -0.39 is 0 Å². The van der Waals surface area contributed by atoms with Gasteiger partial charge in [0.25, 0.3) is 0 Å². The van der Waals surface area contributed by atoms with E-state index in [1.807, 2.05) is 0 Å². The largest absolute Gasteiger partial charge is 0.308 e. The molecule has 0 saturated heterocycles. The van der Waals surface area contributed by atoms with Gasteiger partial charge in [-0.25, -0.2) is 0 Å². The van der Waals surface area contributed by atoms with Crippen molar-refractivity contribution in [3.05, 3.63) is 236 Å². The first-order valence-electron chi connectivity index (χ1n) is 26.7. The Balaban J connectivity index is 1.22. The molecule has 0 unspecified atom stereocenters. The van der Waals surface area contributed by atoms with Crippen molar-refractivity contribution >= 4 is 43.6 Å². The Hall–Kier alpha value is -8.71. The molecule has 0 fully saturated rings. The van der Waals surface area contributed by atoms with Crippen molar-refractivity contribution in [2.24, 2.45) is 0 Å². The second kappa shape index (κ2) is 18.3. The third-order valence-electron chi connectivity index (χ3n) is 16.2. The van der Waals surface area contributed by atoms with E-state index in [1.165, 1.54) is 100 Å². The molecule has 0 atom stereocenters. The summed E-state index contributed by atoms with van der Waals surface area (Å²) < 4.78 is 4.78. The van der Waals surface area contributed by atoms with Crippen LogP contribution in [0, 0.1) is 94.4 Å². The van der Waals surface area contributed by atoms with Gasteiger partial charge < -0.3 is 9.13 Å².